The van der Waals surface area contributed by atoms with E-state index in [0.29, 0.717) is 6.79 Å². The molecule has 0 amide bonds. The molecule has 20 heavy (non-hydrogen) atoms. The summed E-state index contributed by atoms with van der Waals surface area (Å²) in [4.78, 5) is 0. The van der Waals surface area contributed by atoms with Crippen molar-refractivity contribution in [2.45, 2.75) is 13.0 Å². The Kier molecular flexibility index (Phi) is 3.89. The molecule has 2 aromatic rings. The summed E-state index contributed by atoms with van der Waals surface area (Å²) in [6.07, 6.45) is 0. The lowest BCUT2D eigenvalue weighted by Gasteiger charge is -2.17. The highest BCUT2D eigenvalue weighted by Gasteiger charge is 2.16. The van der Waals surface area contributed by atoms with E-state index >= 15 is 0 Å². The molecule has 0 bridgehead atoms. The van der Waals surface area contributed by atoms with Gasteiger partial charge in [0.05, 0.1) is 0 Å². The van der Waals surface area contributed by atoms with Crippen LogP contribution in [0.3, 0.4) is 0 Å². The Morgan fingerprint density at radius 1 is 1.05 bits per heavy atom. The van der Waals surface area contributed by atoms with E-state index in [-0.39, 0.29) is 6.04 Å². The van der Waals surface area contributed by atoms with E-state index in [1.54, 1.807) is 0 Å². The number of fused-ring (bicyclic) bond motifs is 1. The number of rotatable bonds is 3. The van der Waals surface area contributed by atoms with Crippen LogP contribution < -0.4 is 14.8 Å². The Balaban J connectivity index is 1.80. The van der Waals surface area contributed by atoms with Crippen LogP contribution >= 0.6 is 31.9 Å². The highest BCUT2D eigenvalue weighted by Crippen LogP contribution is 2.35. The molecule has 3 nitrogen and oxygen atoms in total. The first-order chi connectivity index (χ1) is 9.63. The van der Waals surface area contributed by atoms with E-state index in [4.69, 9.17) is 9.47 Å². The fraction of sp³-hybridized carbons (Fsp3) is 0.200. The van der Waals surface area contributed by atoms with Gasteiger partial charge in [-0.05, 0) is 58.7 Å². The van der Waals surface area contributed by atoms with E-state index in [2.05, 4.69) is 50.2 Å². The maximum atomic E-state index is 5.41. The average molecular weight is 399 g/mol. The molecule has 1 aliphatic rings. The van der Waals surface area contributed by atoms with Crippen LogP contribution in [-0.2, 0) is 0 Å². The summed E-state index contributed by atoms with van der Waals surface area (Å²) < 4.78 is 12.8. The Hall–Kier alpha value is -1.20. The fourth-order valence-corrected chi connectivity index (χ4v) is 3.27. The van der Waals surface area contributed by atoms with Crippen molar-refractivity contribution < 1.29 is 9.47 Å². The minimum absolute atomic E-state index is 0.168. The second-order valence-electron chi connectivity index (χ2n) is 4.60. The van der Waals surface area contributed by atoms with Gasteiger partial charge in [0.1, 0.15) is 0 Å². The lowest BCUT2D eigenvalue weighted by molar-refractivity contribution is 0.174. The predicted molar refractivity (Wildman–Crippen MR) is 86.4 cm³/mol. The summed E-state index contributed by atoms with van der Waals surface area (Å²) in [6, 6.07) is 12.3. The number of hydrogen-bond acceptors (Lipinski definition) is 3. The van der Waals surface area contributed by atoms with Gasteiger partial charge in [-0.25, -0.2) is 0 Å². The largest absolute Gasteiger partial charge is 0.454 e. The number of anilines is 1. The van der Waals surface area contributed by atoms with Crippen LogP contribution in [0.5, 0.6) is 11.5 Å². The molecule has 1 aliphatic heterocycles. The predicted octanol–water partition coefficient (Wildman–Crippen LogP) is 5.11. The van der Waals surface area contributed by atoms with Gasteiger partial charge >= 0.3 is 0 Å². The maximum Gasteiger partial charge on any atom is 0.231 e. The average Bonchev–Trinajstić information content (AvgIpc) is 2.89. The van der Waals surface area contributed by atoms with Crippen LogP contribution in [-0.4, -0.2) is 6.79 Å². The maximum absolute atomic E-state index is 5.41. The van der Waals surface area contributed by atoms with Crippen molar-refractivity contribution in [1.82, 2.24) is 0 Å². The van der Waals surface area contributed by atoms with Crippen molar-refractivity contribution in [3.05, 3.63) is 50.9 Å². The molecule has 2 aromatic carbocycles. The van der Waals surface area contributed by atoms with Crippen molar-refractivity contribution in [1.29, 1.82) is 0 Å². The Morgan fingerprint density at radius 3 is 2.65 bits per heavy atom. The molecule has 104 valence electrons. The van der Waals surface area contributed by atoms with Gasteiger partial charge in [-0.15, -0.1) is 0 Å². The number of hydrogen-bond donors (Lipinski definition) is 1. The highest BCUT2D eigenvalue weighted by molar-refractivity contribution is 9.11. The van der Waals surface area contributed by atoms with Gasteiger partial charge in [0.2, 0.25) is 6.79 Å². The van der Waals surface area contributed by atoms with Crippen LogP contribution in [0.4, 0.5) is 5.69 Å². The summed E-state index contributed by atoms with van der Waals surface area (Å²) in [6.45, 7) is 2.42. The smallest absolute Gasteiger partial charge is 0.231 e. The standard InChI is InChI=1S/C15H13Br2NO2/c1-9(18-13-4-3-11(16)7-12(13)17)10-2-5-14-15(6-10)20-8-19-14/h2-7,9,18H,8H2,1H3. The minimum atomic E-state index is 0.168. The first-order valence-electron chi connectivity index (χ1n) is 6.24. The normalized spacial score (nSPS) is 14.2. The second kappa shape index (κ2) is 5.66. The molecule has 3 rings (SSSR count). The third-order valence-corrected chi connectivity index (χ3v) is 4.35. The van der Waals surface area contributed by atoms with Gasteiger partial charge in [0.15, 0.2) is 11.5 Å². The molecule has 1 heterocycles. The SMILES string of the molecule is CC(Nc1ccc(Br)cc1Br)c1ccc2c(c1)OCO2. The molecule has 5 heteroatoms. The van der Waals surface area contributed by atoms with Crippen molar-refractivity contribution >= 4 is 37.5 Å². The Morgan fingerprint density at radius 2 is 1.85 bits per heavy atom. The zero-order chi connectivity index (χ0) is 14.1. The molecule has 0 saturated heterocycles. The van der Waals surface area contributed by atoms with E-state index in [1.165, 1.54) is 0 Å². The van der Waals surface area contributed by atoms with Crippen LogP contribution in [0, 0.1) is 0 Å². The quantitative estimate of drug-likeness (QED) is 0.778. The molecule has 0 fully saturated rings. The van der Waals surface area contributed by atoms with Crippen LogP contribution in [0.1, 0.15) is 18.5 Å². The van der Waals surface area contributed by atoms with Gasteiger partial charge in [-0.3, -0.25) is 0 Å². The molecule has 0 saturated carbocycles. The molecule has 1 unspecified atom stereocenters. The number of halogens is 2. The van der Waals surface area contributed by atoms with Gasteiger partial charge < -0.3 is 14.8 Å². The number of nitrogens with one attached hydrogen (secondary N) is 1. The topological polar surface area (TPSA) is 30.5 Å². The van der Waals surface area contributed by atoms with Crippen molar-refractivity contribution in [2.24, 2.45) is 0 Å². The molecule has 0 radical (unpaired) electrons. The molecule has 1 atom stereocenters. The van der Waals surface area contributed by atoms with Crippen LogP contribution in [0.15, 0.2) is 45.3 Å². The summed E-state index contributed by atoms with van der Waals surface area (Å²) in [5.74, 6) is 1.62. The molecule has 0 spiro atoms. The molecule has 0 aliphatic carbocycles. The Bertz CT molecular complexity index is 646. The fourth-order valence-electron chi connectivity index (χ4n) is 2.11. The van der Waals surface area contributed by atoms with Gasteiger partial charge in [-0.2, -0.15) is 0 Å². The monoisotopic (exact) mass is 397 g/mol. The van der Waals surface area contributed by atoms with Crippen LogP contribution in [0.2, 0.25) is 0 Å². The lowest BCUT2D eigenvalue weighted by Crippen LogP contribution is -2.07. The summed E-state index contributed by atoms with van der Waals surface area (Å²) in [7, 11) is 0. The minimum Gasteiger partial charge on any atom is -0.454 e. The zero-order valence-corrected chi connectivity index (χ0v) is 14.0. The molecular weight excluding hydrogens is 386 g/mol. The number of benzene rings is 2. The highest BCUT2D eigenvalue weighted by atomic mass is 79.9. The van der Waals surface area contributed by atoms with Crippen molar-refractivity contribution in [3.8, 4) is 11.5 Å². The third kappa shape index (κ3) is 2.79. The van der Waals surface area contributed by atoms with Gasteiger partial charge in [0, 0.05) is 20.7 Å². The van der Waals surface area contributed by atoms with E-state index in [1.807, 2.05) is 30.3 Å². The third-order valence-electron chi connectivity index (χ3n) is 3.20. The summed E-state index contributed by atoms with van der Waals surface area (Å²) in [5.41, 5.74) is 2.21. The van der Waals surface area contributed by atoms with E-state index < -0.39 is 0 Å². The lowest BCUT2D eigenvalue weighted by atomic mass is 10.1. The molecular formula is C15H13Br2NO2. The molecule has 0 aromatic heterocycles. The van der Waals surface area contributed by atoms with E-state index in [9.17, 15) is 0 Å². The zero-order valence-electron chi connectivity index (χ0n) is 10.8. The van der Waals surface area contributed by atoms with Crippen molar-refractivity contribution in [3.63, 3.8) is 0 Å². The summed E-state index contributed by atoms with van der Waals surface area (Å²) >= 11 is 7.01. The number of ether oxygens (including phenoxy) is 2. The second-order valence-corrected chi connectivity index (χ2v) is 6.37. The first-order valence-corrected chi connectivity index (χ1v) is 7.83. The molecule has 1 N–H and O–H groups in total. The van der Waals surface area contributed by atoms with Gasteiger partial charge in [0.25, 0.3) is 0 Å². The Labute approximate surface area is 134 Å². The van der Waals surface area contributed by atoms with Crippen molar-refractivity contribution in [2.75, 3.05) is 12.1 Å². The van der Waals surface area contributed by atoms with Crippen LogP contribution in [0.25, 0.3) is 0 Å². The first kappa shape index (κ1) is 13.8. The van der Waals surface area contributed by atoms with Gasteiger partial charge in [-0.1, -0.05) is 22.0 Å². The van der Waals surface area contributed by atoms with E-state index in [0.717, 1.165) is 31.7 Å². The summed E-state index contributed by atoms with van der Waals surface area (Å²) in [5, 5.41) is 3.48.